The lowest BCUT2D eigenvalue weighted by atomic mass is 9.88. The van der Waals surface area contributed by atoms with Crippen LogP contribution in [0.15, 0.2) is 46.8 Å². The van der Waals surface area contributed by atoms with Crippen molar-refractivity contribution in [1.29, 1.82) is 0 Å². The SMILES string of the molecule is CN=C(NCC1CCCN(C)C1c1cccs1)N1CCc2ccccc21.I. The van der Waals surface area contributed by atoms with Gasteiger partial charge in [0.2, 0.25) is 0 Å². The Hall–Kier alpha value is -1.12. The van der Waals surface area contributed by atoms with E-state index in [4.69, 9.17) is 0 Å². The lowest BCUT2D eigenvalue weighted by Crippen LogP contribution is -2.46. The molecular weight excluding hydrogens is 467 g/mol. The van der Waals surface area contributed by atoms with Crippen LogP contribution in [0.25, 0.3) is 0 Å². The van der Waals surface area contributed by atoms with Gasteiger partial charge < -0.3 is 10.2 Å². The number of piperidine rings is 1. The number of fused-ring (bicyclic) bond motifs is 1. The third-order valence-electron chi connectivity index (χ3n) is 5.72. The van der Waals surface area contributed by atoms with E-state index in [0.717, 1.165) is 25.5 Å². The van der Waals surface area contributed by atoms with Gasteiger partial charge in [-0.3, -0.25) is 9.89 Å². The average molecular weight is 496 g/mol. The molecule has 2 aromatic rings. The maximum absolute atomic E-state index is 4.58. The number of guanidine groups is 1. The summed E-state index contributed by atoms with van der Waals surface area (Å²) < 4.78 is 0. The van der Waals surface area contributed by atoms with E-state index in [2.05, 4.69) is 68.9 Å². The normalized spacial score (nSPS) is 23.0. The Kier molecular flexibility index (Phi) is 7.16. The molecule has 1 fully saturated rings. The Balaban J connectivity index is 0.00000210. The standard InChI is InChI=1S/C21H28N4S.HI/c1-22-21(25-13-11-16-7-3-4-9-18(16)25)23-15-17-8-5-12-24(2)20(17)19-10-6-14-26-19;/h3-4,6-7,9-10,14,17,20H,5,8,11-13,15H2,1-2H3,(H,22,23);1H. The minimum absolute atomic E-state index is 0. The van der Waals surface area contributed by atoms with Crippen LogP contribution < -0.4 is 10.2 Å². The highest BCUT2D eigenvalue weighted by atomic mass is 127. The summed E-state index contributed by atoms with van der Waals surface area (Å²) >= 11 is 1.88. The number of para-hydroxylation sites is 1. The maximum Gasteiger partial charge on any atom is 0.198 e. The molecule has 27 heavy (non-hydrogen) atoms. The Morgan fingerprint density at radius 2 is 2.07 bits per heavy atom. The van der Waals surface area contributed by atoms with Crippen LogP contribution in [0, 0.1) is 5.92 Å². The first-order valence-electron chi connectivity index (χ1n) is 9.57. The van der Waals surface area contributed by atoms with E-state index < -0.39 is 0 Å². The number of thiophene rings is 1. The average Bonchev–Trinajstić information content (AvgIpc) is 3.33. The molecule has 0 spiro atoms. The Labute approximate surface area is 183 Å². The molecule has 6 heteroatoms. The Bertz CT molecular complexity index is 761. The molecule has 4 nitrogen and oxygen atoms in total. The number of hydrogen-bond donors (Lipinski definition) is 1. The third kappa shape index (κ3) is 4.32. The Morgan fingerprint density at radius 3 is 2.85 bits per heavy atom. The van der Waals surface area contributed by atoms with Crippen LogP contribution >= 0.6 is 35.3 Å². The van der Waals surface area contributed by atoms with E-state index in [0.29, 0.717) is 12.0 Å². The predicted octanol–water partition coefficient (Wildman–Crippen LogP) is 4.39. The van der Waals surface area contributed by atoms with Crippen LogP contribution in [0.4, 0.5) is 5.69 Å². The van der Waals surface area contributed by atoms with E-state index >= 15 is 0 Å². The first-order valence-corrected chi connectivity index (χ1v) is 10.5. The second-order valence-electron chi connectivity index (χ2n) is 7.30. The topological polar surface area (TPSA) is 30.9 Å². The zero-order chi connectivity index (χ0) is 17.9. The first kappa shape index (κ1) is 20.6. The molecule has 0 bridgehead atoms. The van der Waals surface area contributed by atoms with Crippen LogP contribution in [0.2, 0.25) is 0 Å². The number of aliphatic imine (C=N–C) groups is 1. The monoisotopic (exact) mass is 496 g/mol. The van der Waals surface area contributed by atoms with Crippen molar-refractivity contribution < 1.29 is 0 Å². The highest BCUT2D eigenvalue weighted by molar-refractivity contribution is 14.0. The van der Waals surface area contributed by atoms with Gasteiger partial charge in [-0.05, 0) is 61.8 Å². The highest BCUT2D eigenvalue weighted by Gasteiger charge is 2.32. The van der Waals surface area contributed by atoms with Crippen LogP contribution in [0.3, 0.4) is 0 Å². The molecule has 0 radical (unpaired) electrons. The molecule has 146 valence electrons. The molecule has 1 aromatic carbocycles. The molecule has 2 aliphatic rings. The van der Waals surface area contributed by atoms with E-state index in [9.17, 15) is 0 Å². The molecule has 0 aliphatic carbocycles. The van der Waals surface area contributed by atoms with E-state index in [1.807, 2.05) is 18.4 Å². The summed E-state index contributed by atoms with van der Waals surface area (Å²) in [6.45, 7) is 3.17. The maximum atomic E-state index is 4.58. The number of halogens is 1. The van der Waals surface area contributed by atoms with E-state index in [1.165, 1.54) is 35.5 Å². The van der Waals surface area contributed by atoms with Gasteiger partial charge in [0.1, 0.15) is 0 Å². The number of nitrogens with one attached hydrogen (secondary N) is 1. The van der Waals surface area contributed by atoms with Gasteiger partial charge in [0.25, 0.3) is 0 Å². The number of benzene rings is 1. The molecule has 2 aliphatic heterocycles. The number of rotatable bonds is 3. The molecule has 0 amide bonds. The second-order valence-corrected chi connectivity index (χ2v) is 8.28. The van der Waals surface area contributed by atoms with Gasteiger partial charge >= 0.3 is 0 Å². The highest BCUT2D eigenvalue weighted by Crippen LogP contribution is 2.37. The summed E-state index contributed by atoms with van der Waals surface area (Å²) in [4.78, 5) is 10.9. The first-order chi connectivity index (χ1) is 12.8. The van der Waals surface area contributed by atoms with Crippen molar-refractivity contribution in [3.8, 4) is 0 Å². The number of likely N-dealkylation sites (tertiary alicyclic amines) is 1. The molecule has 2 unspecified atom stereocenters. The largest absolute Gasteiger partial charge is 0.356 e. The van der Waals surface area contributed by atoms with Crippen LogP contribution in [0.5, 0.6) is 0 Å². The van der Waals surface area contributed by atoms with Gasteiger partial charge in [-0.2, -0.15) is 0 Å². The lowest BCUT2D eigenvalue weighted by Gasteiger charge is -2.39. The van der Waals surface area contributed by atoms with Crippen molar-refractivity contribution in [2.24, 2.45) is 10.9 Å². The fourth-order valence-corrected chi connectivity index (χ4v) is 5.44. The van der Waals surface area contributed by atoms with Gasteiger partial charge in [-0.25, -0.2) is 0 Å². The van der Waals surface area contributed by atoms with Gasteiger partial charge in [-0.1, -0.05) is 24.3 Å². The van der Waals surface area contributed by atoms with Crippen molar-refractivity contribution in [2.75, 3.05) is 38.6 Å². The summed E-state index contributed by atoms with van der Waals surface area (Å²) in [5, 5.41) is 5.89. The van der Waals surface area contributed by atoms with Crippen LogP contribution in [0.1, 0.15) is 29.3 Å². The zero-order valence-corrected chi connectivity index (χ0v) is 19.2. The smallest absolute Gasteiger partial charge is 0.198 e. The number of nitrogens with zero attached hydrogens (tertiary/aromatic N) is 3. The van der Waals surface area contributed by atoms with Gasteiger partial charge in [0, 0.05) is 36.7 Å². The quantitative estimate of drug-likeness (QED) is 0.389. The lowest BCUT2D eigenvalue weighted by molar-refractivity contribution is 0.125. The van der Waals surface area contributed by atoms with Crippen molar-refractivity contribution >= 4 is 47.0 Å². The molecule has 1 N–H and O–H groups in total. The van der Waals surface area contributed by atoms with Crippen molar-refractivity contribution in [1.82, 2.24) is 10.2 Å². The van der Waals surface area contributed by atoms with E-state index in [-0.39, 0.29) is 24.0 Å². The third-order valence-corrected chi connectivity index (χ3v) is 6.66. The van der Waals surface area contributed by atoms with Crippen LogP contribution in [-0.4, -0.2) is 44.6 Å². The van der Waals surface area contributed by atoms with Gasteiger partial charge in [-0.15, -0.1) is 35.3 Å². The fraction of sp³-hybridized carbons (Fsp3) is 0.476. The number of anilines is 1. The van der Waals surface area contributed by atoms with Crippen molar-refractivity contribution in [3.63, 3.8) is 0 Å². The van der Waals surface area contributed by atoms with E-state index in [1.54, 1.807) is 0 Å². The number of hydrogen-bond acceptors (Lipinski definition) is 3. The summed E-state index contributed by atoms with van der Waals surface area (Å²) in [7, 11) is 4.16. The van der Waals surface area contributed by atoms with Crippen LogP contribution in [-0.2, 0) is 6.42 Å². The summed E-state index contributed by atoms with van der Waals surface area (Å²) in [6, 6.07) is 13.7. The van der Waals surface area contributed by atoms with Crippen molar-refractivity contribution in [2.45, 2.75) is 25.3 Å². The van der Waals surface area contributed by atoms with Gasteiger partial charge in [0.15, 0.2) is 5.96 Å². The molecule has 1 saturated heterocycles. The predicted molar refractivity (Wildman–Crippen MR) is 127 cm³/mol. The molecule has 3 heterocycles. The summed E-state index contributed by atoms with van der Waals surface area (Å²) in [5.41, 5.74) is 2.72. The molecule has 2 atom stereocenters. The van der Waals surface area contributed by atoms with Crippen molar-refractivity contribution in [3.05, 3.63) is 52.2 Å². The molecule has 1 aromatic heterocycles. The minimum atomic E-state index is 0. The molecular formula is C21H29IN4S. The fourth-order valence-electron chi connectivity index (χ4n) is 4.46. The Morgan fingerprint density at radius 1 is 1.22 bits per heavy atom. The minimum Gasteiger partial charge on any atom is -0.356 e. The summed E-state index contributed by atoms with van der Waals surface area (Å²) in [6.07, 6.45) is 3.64. The molecule has 4 rings (SSSR count). The second kappa shape index (κ2) is 9.39. The molecule has 0 saturated carbocycles. The zero-order valence-electron chi connectivity index (χ0n) is 16.1. The summed E-state index contributed by atoms with van der Waals surface area (Å²) in [5.74, 6) is 1.62. The van der Waals surface area contributed by atoms with Gasteiger partial charge in [0.05, 0.1) is 0 Å².